The molecular formula is C13H16O4. The zero-order chi connectivity index (χ0) is 12.3. The molecule has 0 amide bonds. The van der Waals surface area contributed by atoms with Crippen molar-refractivity contribution in [1.82, 2.24) is 0 Å². The summed E-state index contributed by atoms with van der Waals surface area (Å²) in [4.78, 5) is 11.1. The number of aryl methyl sites for hydroxylation is 1. The first-order valence-corrected chi connectivity index (χ1v) is 5.75. The van der Waals surface area contributed by atoms with Gasteiger partial charge in [0.2, 0.25) is 0 Å². The monoisotopic (exact) mass is 236 g/mol. The van der Waals surface area contributed by atoms with E-state index in [1.54, 1.807) is 18.2 Å². The number of rotatable bonds is 3. The van der Waals surface area contributed by atoms with Crippen molar-refractivity contribution >= 4 is 5.97 Å². The second kappa shape index (κ2) is 5.19. The van der Waals surface area contributed by atoms with Crippen molar-refractivity contribution in [3.63, 3.8) is 0 Å². The molecule has 92 valence electrons. The van der Waals surface area contributed by atoms with E-state index < -0.39 is 5.97 Å². The van der Waals surface area contributed by atoms with Crippen molar-refractivity contribution in [3.8, 4) is 5.75 Å². The van der Waals surface area contributed by atoms with Crippen LogP contribution in [0.3, 0.4) is 0 Å². The lowest BCUT2D eigenvalue weighted by Crippen LogP contribution is -2.26. The van der Waals surface area contributed by atoms with E-state index >= 15 is 0 Å². The Hall–Kier alpha value is -1.55. The van der Waals surface area contributed by atoms with E-state index in [2.05, 4.69) is 0 Å². The lowest BCUT2D eigenvalue weighted by molar-refractivity contribution is 0.0248. The number of aromatic carboxylic acids is 1. The Bertz CT molecular complexity index is 408. The highest BCUT2D eigenvalue weighted by atomic mass is 16.5. The maximum atomic E-state index is 11.1. The molecule has 1 fully saturated rings. The third-order valence-electron chi connectivity index (χ3n) is 2.83. The van der Waals surface area contributed by atoms with Crippen molar-refractivity contribution in [3.05, 3.63) is 29.3 Å². The van der Waals surface area contributed by atoms with Gasteiger partial charge in [0, 0.05) is 12.8 Å². The summed E-state index contributed by atoms with van der Waals surface area (Å²) < 4.78 is 11.0. The first-order chi connectivity index (χ1) is 8.16. The summed E-state index contributed by atoms with van der Waals surface area (Å²) in [5.41, 5.74) is 1.22. The van der Waals surface area contributed by atoms with Gasteiger partial charge in [0.15, 0.2) is 0 Å². The van der Waals surface area contributed by atoms with E-state index in [1.807, 2.05) is 6.92 Å². The van der Waals surface area contributed by atoms with Gasteiger partial charge in [0.25, 0.3) is 0 Å². The molecule has 0 aliphatic carbocycles. The average Bonchev–Trinajstić information content (AvgIpc) is 2.30. The SMILES string of the molecule is Cc1ccc(C(=O)O)c(OC2CCOCC2)c1. The fourth-order valence-electron chi connectivity index (χ4n) is 1.88. The van der Waals surface area contributed by atoms with Crippen LogP contribution < -0.4 is 4.74 Å². The Balaban J connectivity index is 2.17. The Morgan fingerprint density at radius 1 is 1.41 bits per heavy atom. The largest absolute Gasteiger partial charge is 0.489 e. The van der Waals surface area contributed by atoms with Gasteiger partial charge in [-0.15, -0.1) is 0 Å². The molecule has 4 heteroatoms. The van der Waals surface area contributed by atoms with Crippen LogP contribution in [0, 0.1) is 6.92 Å². The van der Waals surface area contributed by atoms with Gasteiger partial charge < -0.3 is 14.6 Å². The molecule has 0 spiro atoms. The van der Waals surface area contributed by atoms with E-state index in [-0.39, 0.29) is 11.7 Å². The van der Waals surface area contributed by atoms with Crippen LogP contribution in [-0.4, -0.2) is 30.4 Å². The van der Waals surface area contributed by atoms with Gasteiger partial charge >= 0.3 is 5.97 Å². The molecule has 17 heavy (non-hydrogen) atoms. The molecule has 2 rings (SSSR count). The maximum Gasteiger partial charge on any atom is 0.339 e. The van der Waals surface area contributed by atoms with Gasteiger partial charge in [-0.1, -0.05) is 6.07 Å². The molecule has 0 atom stereocenters. The summed E-state index contributed by atoms with van der Waals surface area (Å²) in [6.07, 6.45) is 1.68. The number of hydrogen-bond acceptors (Lipinski definition) is 3. The molecule has 0 unspecified atom stereocenters. The van der Waals surface area contributed by atoms with E-state index in [1.165, 1.54) is 0 Å². The predicted octanol–water partition coefficient (Wildman–Crippen LogP) is 2.25. The molecule has 1 aromatic rings. The minimum absolute atomic E-state index is 0.0589. The molecule has 0 saturated carbocycles. The first kappa shape index (κ1) is 11.9. The number of carbonyl (C=O) groups is 1. The molecule has 0 bridgehead atoms. The maximum absolute atomic E-state index is 11.1. The van der Waals surface area contributed by atoms with E-state index in [9.17, 15) is 4.79 Å². The number of benzene rings is 1. The van der Waals surface area contributed by atoms with Crippen molar-refractivity contribution in [2.24, 2.45) is 0 Å². The molecule has 1 aromatic carbocycles. The lowest BCUT2D eigenvalue weighted by Gasteiger charge is -2.24. The summed E-state index contributed by atoms with van der Waals surface area (Å²) in [5.74, 6) is -0.489. The quantitative estimate of drug-likeness (QED) is 0.874. The van der Waals surface area contributed by atoms with Gasteiger partial charge in [0.1, 0.15) is 17.4 Å². The second-order valence-electron chi connectivity index (χ2n) is 4.23. The third kappa shape index (κ3) is 2.97. The fraction of sp³-hybridized carbons (Fsp3) is 0.462. The first-order valence-electron chi connectivity index (χ1n) is 5.75. The van der Waals surface area contributed by atoms with Crippen molar-refractivity contribution in [2.75, 3.05) is 13.2 Å². The topological polar surface area (TPSA) is 55.8 Å². The molecule has 1 heterocycles. The summed E-state index contributed by atoms with van der Waals surface area (Å²) in [5, 5.41) is 9.08. The Morgan fingerprint density at radius 2 is 2.12 bits per heavy atom. The van der Waals surface area contributed by atoms with Crippen LogP contribution in [0.4, 0.5) is 0 Å². The van der Waals surface area contributed by atoms with Crippen LogP contribution in [0.5, 0.6) is 5.75 Å². The summed E-state index contributed by atoms with van der Waals surface area (Å²) in [6.45, 7) is 3.28. The van der Waals surface area contributed by atoms with Crippen LogP contribution in [-0.2, 0) is 4.74 Å². The molecule has 0 radical (unpaired) electrons. The van der Waals surface area contributed by atoms with Crippen molar-refractivity contribution in [1.29, 1.82) is 0 Å². The molecule has 1 aliphatic rings. The van der Waals surface area contributed by atoms with Gasteiger partial charge in [0.05, 0.1) is 13.2 Å². The highest BCUT2D eigenvalue weighted by Crippen LogP contribution is 2.24. The number of ether oxygens (including phenoxy) is 2. The second-order valence-corrected chi connectivity index (χ2v) is 4.23. The predicted molar refractivity (Wildman–Crippen MR) is 62.6 cm³/mol. The van der Waals surface area contributed by atoms with E-state index in [4.69, 9.17) is 14.6 Å². The van der Waals surface area contributed by atoms with Crippen molar-refractivity contribution in [2.45, 2.75) is 25.9 Å². The highest BCUT2D eigenvalue weighted by Gasteiger charge is 2.19. The summed E-state index contributed by atoms with van der Waals surface area (Å²) in [6, 6.07) is 5.14. The molecular weight excluding hydrogens is 220 g/mol. The fourth-order valence-corrected chi connectivity index (χ4v) is 1.88. The lowest BCUT2D eigenvalue weighted by atomic mass is 10.1. The smallest absolute Gasteiger partial charge is 0.339 e. The van der Waals surface area contributed by atoms with E-state index in [0.29, 0.717) is 19.0 Å². The normalized spacial score (nSPS) is 16.8. The molecule has 4 nitrogen and oxygen atoms in total. The molecule has 0 aromatic heterocycles. The highest BCUT2D eigenvalue weighted by molar-refractivity contribution is 5.90. The zero-order valence-corrected chi connectivity index (χ0v) is 9.81. The molecule has 1 N–H and O–H groups in total. The number of carboxylic acids is 1. The minimum atomic E-state index is -0.952. The number of hydrogen-bond donors (Lipinski definition) is 1. The Labute approximate surface area is 100 Å². The Kier molecular flexibility index (Phi) is 3.64. The van der Waals surface area contributed by atoms with Crippen molar-refractivity contribution < 1.29 is 19.4 Å². The van der Waals surface area contributed by atoms with Crippen LogP contribution in [0.25, 0.3) is 0 Å². The molecule has 1 saturated heterocycles. The Morgan fingerprint density at radius 3 is 2.76 bits per heavy atom. The average molecular weight is 236 g/mol. The van der Waals surface area contributed by atoms with Crippen LogP contribution in [0.2, 0.25) is 0 Å². The summed E-state index contributed by atoms with van der Waals surface area (Å²) >= 11 is 0. The molecule has 1 aliphatic heterocycles. The van der Waals surface area contributed by atoms with Gasteiger partial charge in [-0.05, 0) is 24.6 Å². The third-order valence-corrected chi connectivity index (χ3v) is 2.83. The van der Waals surface area contributed by atoms with Gasteiger partial charge in [-0.3, -0.25) is 0 Å². The number of carboxylic acid groups (broad SMARTS) is 1. The van der Waals surface area contributed by atoms with Crippen LogP contribution in [0.1, 0.15) is 28.8 Å². The minimum Gasteiger partial charge on any atom is -0.489 e. The zero-order valence-electron chi connectivity index (χ0n) is 9.81. The van der Waals surface area contributed by atoms with Gasteiger partial charge in [-0.25, -0.2) is 4.79 Å². The van der Waals surface area contributed by atoms with E-state index in [0.717, 1.165) is 18.4 Å². The van der Waals surface area contributed by atoms with Crippen LogP contribution >= 0.6 is 0 Å². The van der Waals surface area contributed by atoms with Gasteiger partial charge in [-0.2, -0.15) is 0 Å². The standard InChI is InChI=1S/C13H16O4/c1-9-2-3-11(13(14)15)12(8-9)17-10-4-6-16-7-5-10/h2-3,8,10H,4-7H2,1H3,(H,14,15). The van der Waals surface area contributed by atoms with Crippen LogP contribution in [0.15, 0.2) is 18.2 Å². The summed E-state index contributed by atoms with van der Waals surface area (Å²) in [7, 11) is 0.